The molecule has 2 aromatic carbocycles. The molecule has 2 aromatic heterocycles. The molecule has 0 saturated carbocycles. The molecule has 2 heterocycles. The van der Waals surface area contributed by atoms with E-state index in [0.717, 1.165) is 18.2 Å². The lowest BCUT2D eigenvalue weighted by Gasteiger charge is -2.15. The van der Waals surface area contributed by atoms with E-state index in [-0.39, 0.29) is 10.5 Å². The highest BCUT2D eigenvalue weighted by Gasteiger charge is 2.24. The Balaban J connectivity index is 1.65. The molecule has 0 bridgehead atoms. The van der Waals surface area contributed by atoms with Crippen molar-refractivity contribution in [3.63, 3.8) is 0 Å². The lowest BCUT2D eigenvalue weighted by Crippen LogP contribution is -2.37. The van der Waals surface area contributed by atoms with Crippen LogP contribution in [0.5, 0.6) is 0 Å². The standard InChI is InChI=1S/C30H35N7O6S/c1-18-12-19(2)27(20(3)13-18)44(41,42)36-24(29(40)43-4)16-34-28(39)23-17-37(11-5-8-31)25-14-21(6-7-22(25)26(23)38)15-35-30-32-9-10-33-30/h6-7,9-10,12-14,17H,5,8,11,15-16,31H2,1-4H3,(H,34,39)(H2,32,33,35). The van der Waals surface area contributed by atoms with Crippen LogP contribution in [0.3, 0.4) is 0 Å². The Hall–Kier alpha value is -4.82. The van der Waals surface area contributed by atoms with Crippen molar-refractivity contribution in [1.29, 1.82) is 0 Å². The number of nitrogens with two attached hydrogens (primary N) is 1. The van der Waals surface area contributed by atoms with Crippen molar-refractivity contribution >= 4 is 44.5 Å². The summed E-state index contributed by atoms with van der Waals surface area (Å²) >= 11 is 0. The van der Waals surface area contributed by atoms with E-state index in [4.69, 9.17) is 10.5 Å². The van der Waals surface area contributed by atoms with Gasteiger partial charge in [-0.2, -0.15) is 12.8 Å². The Bertz CT molecular complexity index is 1870. The summed E-state index contributed by atoms with van der Waals surface area (Å²) in [5, 5.41) is 5.94. The number of hydrogen-bond donors (Lipinski definition) is 4. The summed E-state index contributed by atoms with van der Waals surface area (Å²) in [6.07, 6.45) is 5.35. The van der Waals surface area contributed by atoms with Gasteiger partial charge in [0.2, 0.25) is 5.43 Å². The number of methoxy groups -OCH3 is 1. The number of carbonyl (C=O) groups excluding carboxylic acids is 2. The van der Waals surface area contributed by atoms with E-state index in [1.807, 2.05) is 13.0 Å². The van der Waals surface area contributed by atoms with Crippen LogP contribution in [0.25, 0.3) is 10.9 Å². The minimum absolute atomic E-state index is 0.0353. The predicted octanol–water partition coefficient (Wildman–Crippen LogP) is 2.34. The molecule has 1 amide bonds. The second-order valence-corrected chi connectivity index (χ2v) is 11.8. The third kappa shape index (κ3) is 7.21. The van der Waals surface area contributed by atoms with Crippen molar-refractivity contribution in [2.45, 2.75) is 45.2 Å². The maximum absolute atomic E-state index is 13.5. The lowest BCUT2D eigenvalue weighted by molar-refractivity contribution is -0.132. The molecule has 0 fully saturated rings. The van der Waals surface area contributed by atoms with Gasteiger partial charge in [-0.05, 0) is 62.6 Å². The predicted molar refractivity (Wildman–Crippen MR) is 167 cm³/mol. The fraction of sp³-hybridized carbons (Fsp3) is 0.300. The topological polar surface area (TPSA) is 191 Å². The van der Waals surface area contributed by atoms with Crippen LogP contribution in [0.15, 0.2) is 63.0 Å². The largest absolute Gasteiger partial charge is 0.464 e. The van der Waals surface area contributed by atoms with Gasteiger partial charge in [-0.3, -0.25) is 9.59 Å². The van der Waals surface area contributed by atoms with E-state index in [0.29, 0.717) is 54.0 Å². The summed E-state index contributed by atoms with van der Waals surface area (Å²) in [7, 11) is -3.26. The van der Waals surface area contributed by atoms with Crippen LogP contribution < -0.4 is 21.8 Å². The first-order chi connectivity index (χ1) is 20.9. The van der Waals surface area contributed by atoms with E-state index < -0.39 is 39.6 Å². The number of hydrogen-bond acceptors (Lipinski definition) is 9. The number of aryl methyl sites for hydroxylation is 4. The molecule has 14 heteroatoms. The van der Waals surface area contributed by atoms with Gasteiger partial charge in [0.15, 0.2) is 11.7 Å². The molecule has 5 N–H and O–H groups in total. The molecule has 4 aromatic rings. The number of esters is 1. The number of aromatic amines is 1. The van der Waals surface area contributed by atoms with Crippen LogP contribution in [0.4, 0.5) is 5.95 Å². The van der Waals surface area contributed by atoms with Crippen molar-refractivity contribution in [2.24, 2.45) is 10.1 Å². The number of rotatable bonds is 12. The molecular weight excluding hydrogens is 586 g/mol. The van der Waals surface area contributed by atoms with E-state index in [1.165, 1.54) is 6.20 Å². The van der Waals surface area contributed by atoms with Crippen LogP contribution in [0.1, 0.15) is 39.0 Å². The molecule has 0 unspecified atom stereocenters. The molecule has 4 rings (SSSR count). The Morgan fingerprint density at radius 1 is 1.14 bits per heavy atom. The highest BCUT2D eigenvalue weighted by atomic mass is 32.2. The second-order valence-electron chi connectivity index (χ2n) is 10.3. The summed E-state index contributed by atoms with van der Waals surface area (Å²) in [6.45, 7) is 5.78. The minimum atomic E-state index is -4.34. The molecule has 0 atom stereocenters. The number of imidazole rings is 1. The van der Waals surface area contributed by atoms with Gasteiger partial charge in [-0.1, -0.05) is 23.8 Å². The Labute approximate surface area is 254 Å². The molecule has 13 nitrogen and oxygen atoms in total. The number of nitrogens with one attached hydrogen (secondary N) is 3. The molecule has 0 aliphatic rings. The third-order valence-electron chi connectivity index (χ3n) is 6.88. The second kappa shape index (κ2) is 13.7. The van der Waals surface area contributed by atoms with Crippen molar-refractivity contribution < 1.29 is 22.7 Å². The Morgan fingerprint density at radius 2 is 1.86 bits per heavy atom. The summed E-state index contributed by atoms with van der Waals surface area (Å²) in [5.41, 5.74) is 7.79. The smallest absolute Gasteiger partial charge is 0.355 e. The fourth-order valence-electron chi connectivity index (χ4n) is 4.99. The van der Waals surface area contributed by atoms with E-state index in [2.05, 4.69) is 25.0 Å². The minimum Gasteiger partial charge on any atom is -0.464 e. The normalized spacial score (nSPS) is 11.9. The molecular formula is C30H35N7O6S. The summed E-state index contributed by atoms with van der Waals surface area (Å²) < 4.78 is 36.7. The zero-order valence-corrected chi connectivity index (χ0v) is 25.7. The maximum Gasteiger partial charge on any atom is 0.355 e. The molecule has 0 aliphatic heterocycles. The van der Waals surface area contributed by atoms with E-state index >= 15 is 0 Å². The summed E-state index contributed by atoms with van der Waals surface area (Å²) in [5.74, 6) is -1.24. The number of carbonyl (C=O) groups is 2. The summed E-state index contributed by atoms with van der Waals surface area (Å²) in [6, 6.07) is 8.67. The Kier molecular flexibility index (Phi) is 9.96. The van der Waals surface area contributed by atoms with Gasteiger partial charge in [-0.15, -0.1) is 0 Å². The highest BCUT2D eigenvalue weighted by Crippen LogP contribution is 2.24. The average Bonchev–Trinajstić information content (AvgIpc) is 3.50. The van der Waals surface area contributed by atoms with Gasteiger partial charge in [0, 0.05) is 37.1 Å². The van der Waals surface area contributed by atoms with E-state index in [1.54, 1.807) is 55.1 Å². The SMILES string of the molecule is COC(=O)C(CNC(=O)c1cn(CCCN)c2cc(CNc3ncc[nH]3)ccc2c1=O)=NS(=O)(=O)c1c(C)cc(C)cc1C. The fourth-order valence-corrected chi connectivity index (χ4v) is 6.44. The molecule has 0 saturated heterocycles. The molecule has 0 radical (unpaired) electrons. The van der Waals surface area contributed by atoms with E-state index in [9.17, 15) is 22.8 Å². The number of fused-ring (bicyclic) bond motifs is 1. The van der Waals surface area contributed by atoms with Gasteiger partial charge < -0.3 is 30.7 Å². The monoisotopic (exact) mass is 621 g/mol. The first-order valence-electron chi connectivity index (χ1n) is 13.8. The first kappa shape index (κ1) is 32.1. The number of sulfonamides is 1. The van der Waals surface area contributed by atoms with Crippen molar-refractivity contribution in [2.75, 3.05) is 25.5 Å². The van der Waals surface area contributed by atoms with Crippen LogP contribution in [0, 0.1) is 20.8 Å². The zero-order chi connectivity index (χ0) is 32.0. The highest BCUT2D eigenvalue weighted by molar-refractivity contribution is 7.90. The number of amides is 1. The number of H-pyrrole nitrogens is 1. The molecule has 0 spiro atoms. The van der Waals surface area contributed by atoms with Crippen LogP contribution >= 0.6 is 0 Å². The number of pyridine rings is 1. The Morgan fingerprint density at radius 3 is 2.50 bits per heavy atom. The third-order valence-corrected chi connectivity index (χ3v) is 8.50. The zero-order valence-electron chi connectivity index (χ0n) is 24.9. The van der Waals surface area contributed by atoms with Gasteiger partial charge in [0.1, 0.15) is 5.56 Å². The van der Waals surface area contributed by atoms with Crippen LogP contribution in [-0.4, -0.2) is 60.7 Å². The van der Waals surface area contributed by atoms with Crippen molar-refractivity contribution in [3.05, 3.63) is 87.0 Å². The number of nitrogens with zero attached hydrogens (tertiary/aromatic N) is 3. The number of anilines is 1. The molecule has 0 aliphatic carbocycles. The van der Waals surface area contributed by atoms with Crippen molar-refractivity contribution in [3.8, 4) is 0 Å². The molecule has 232 valence electrons. The van der Waals surface area contributed by atoms with Gasteiger partial charge in [-0.25, -0.2) is 9.78 Å². The average molecular weight is 622 g/mol. The first-order valence-corrected chi connectivity index (χ1v) is 15.3. The molecule has 44 heavy (non-hydrogen) atoms. The number of aromatic nitrogens is 3. The quantitative estimate of drug-likeness (QED) is 0.136. The van der Waals surface area contributed by atoms with Gasteiger partial charge in [0.05, 0.1) is 24.1 Å². The van der Waals surface area contributed by atoms with Crippen LogP contribution in [-0.2, 0) is 32.6 Å². The maximum atomic E-state index is 13.5. The lowest BCUT2D eigenvalue weighted by atomic mass is 10.1. The van der Waals surface area contributed by atoms with Crippen molar-refractivity contribution in [1.82, 2.24) is 19.9 Å². The van der Waals surface area contributed by atoms with Crippen LogP contribution in [0.2, 0.25) is 0 Å². The van der Waals surface area contributed by atoms with Gasteiger partial charge in [0.25, 0.3) is 15.9 Å². The number of ether oxygens (including phenoxy) is 1. The number of benzene rings is 2. The van der Waals surface area contributed by atoms with Gasteiger partial charge >= 0.3 is 5.97 Å². The summed E-state index contributed by atoms with van der Waals surface area (Å²) in [4.78, 5) is 46.3.